The summed E-state index contributed by atoms with van der Waals surface area (Å²) in [6.07, 6.45) is 1.07. The number of carboxylic acid groups (broad SMARTS) is 1. The third-order valence-electron chi connectivity index (χ3n) is 2.80. The van der Waals surface area contributed by atoms with Crippen molar-refractivity contribution in [1.29, 1.82) is 0 Å². The summed E-state index contributed by atoms with van der Waals surface area (Å²) in [4.78, 5) is 11.0. The van der Waals surface area contributed by atoms with Gasteiger partial charge in [0.05, 0.1) is 7.11 Å². The predicted molar refractivity (Wildman–Crippen MR) is 74.1 cm³/mol. The Morgan fingerprint density at radius 2 is 1.85 bits per heavy atom. The maximum Gasteiger partial charge on any atom is 0.328 e. The van der Waals surface area contributed by atoms with Crippen molar-refractivity contribution in [3.05, 3.63) is 71.6 Å². The van der Waals surface area contributed by atoms with Gasteiger partial charge in [-0.25, -0.2) is 9.18 Å². The van der Waals surface area contributed by atoms with Gasteiger partial charge in [0.25, 0.3) is 0 Å². The first kappa shape index (κ1) is 13.8. The molecule has 1 N–H and O–H groups in total. The number of methoxy groups -OCH3 is 1. The molecule has 0 unspecified atom stereocenters. The summed E-state index contributed by atoms with van der Waals surface area (Å²) in [5.74, 6) is -0.824. The van der Waals surface area contributed by atoms with Gasteiger partial charge in [-0.2, -0.15) is 0 Å². The fourth-order valence-electron chi connectivity index (χ4n) is 1.88. The first-order chi connectivity index (χ1) is 9.60. The molecule has 0 bridgehead atoms. The van der Waals surface area contributed by atoms with Crippen molar-refractivity contribution in [2.75, 3.05) is 7.11 Å². The van der Waals surface area contributed by atoms with E-state index in [0.717, 1.165) is 6.08 Å². The van der Waals surface area contributed by atoms with Crippen LogP contribution in [0.4, 0.5) is 4.39 Å². The van der Waals surface area contributed by atoms with E-state index in [0.29, 0.717) is 22.4 Å². The van der Waals surface area contributed by atoms with E-state index >= 15 is 0 Å². The number of carboxylic acids is 1. The largest absolute Gasteiger partial charge is 0.497 e. The maximum atomic E-state index is 13.3. The van der Waals surface area contributed by atoms with Gasteiger partial charge in [0.15, 0.2) is 0 Å². The fourth-order valence-corrected chi connectivity index (χ4v) is 1.88. The molecule has 0 heterocycles. The monoisotopic (exact) mass is 272 g/mol. The van der Waals surface area contributed by atoms with Crippen molar-refractivity contribution in [1.82, 2.24) is 0 Å². The molecule has 0 aliphatic carbocycles. The predicted octanol–water partition coefficient (Wildman–Crippen LogP) is 3.35. The lowest BCUT2D eigenvalue weighted by Gasteiger charge is -2.09. The first-order valence-electron chi connectivity index (χ1n) is 5.95. The summed E-state index contributed by atoms with van der Waals surface area (Å²) in [5, 5.41) is 8.98. The molecule has 0 atom stereocenters. The first-order valence-corrected chi connectivity index (χ1v) is 5.95. The molecule has 3 nitrogen and oxygen atoms in total. The Labute approximate surface area is 115 Å². The van der Waals surface area contributed by atoms with Crippen molar-refractivity contribution in [2.45, 2.75) is 0 Å². The minimum Gasteiger partial charge on any atom is -0.497 e. The second-order valence-corrected chi connectivity index (χ2v) is 4.14. The van der Waals surface area contributed by atoms with Gasteiger partial charge in [-0.15, -0.1) is 0 Å². The smallest absolute Gasteiger partial charge is 0.328 e. The van der Waals surface area contributed by atoms with Crippen LogP contribution in [0.5, 0.6) is 5.75 Å². The molecule has 0 saturated carbocycles. The van der Waals surface area contributed by atoms with Gasteiger partial charge in [0, 0.05) is 6.08 Å². The molecule has 0 amide bonds. The van der Waals surface area contributed by atoms with Crippen LogP contribution in [0, 0.1) is 5.82 Å². The summed E-state index contributed by atoms with van der Waals surface area (Å²) < 4.78 is 18.4. The maximum absolute atomic E-state index is 13.3. The molecule has 0 aromatic heterocycles. The van der Waals surface area contributed by atoms with E-state index in [-0.39, 0.29) is 0 Å². The molecular weight excluding hydrogens is 259 g/mol. The minimum atomic E-state index is -1.08. The molecule has 0 aliphatic rings. The van der Waals surface area contributed by atoms with E-state index in [9.17, 15) is 9.18 Å². The Kier molecular flexibility index (Phi) is 4.15. The van der Waals surface area contributed by atoms with E-state index < -0.39 is 11.8 Å². The highest BCUT2D eigenvalue weighted by Crippen LogP contribution is 2.25. The highest BCUT2D eigenvalue weighted by Gasteiger charge is 2.08. The fraction of sp³-hybridized carbons (Fsp3) is 0.0625. The van der Waals surface area contributed by atoms with E-state index in [1.54, 1.807) is 43.5 Å². The number of hydrogen-bond acceptors (Lipinski definition) is 2. The second-order valence-electron chi connectivity index (χ2n) is 4.14. The van der Waals surface area contributed by atoms with E-state index in [2.05, 4.69) is 0 Å². The van der Waals surface area contributed by atoms with Gasteiger partial charge < -0.3 is 9.84 Å². The number of aliphatic carboxylic acids is 1. The Morgan fingerprint density at radius 1 is 1.15 bits per heavy atom. The molecule has 0 fully saturated rings. The number of hydrogen-bond donors (Lipinski definition) is 1. The van der Waals surface area contributed by atoms with Crippen molar-refractivity contribution < 1.29 is 19.0 Å². The summed E-state index contributed by atoms with van der Waals surface area (Å²) in [7, 11) is 1.55. The lowest BCUT2D eigenvalue weighted by Crippen LogP contribution is -1.95. The molecule has 20 heavy (non-hydrogen) atoms. The summed E-state index contributed by atoms with van der Waals surface area (Å²) >= 11 is 0. The topological polar surface area (TPSA) is 46.5 Å². The molecule has 4 heteroatoms. The zero-order valence-corrected chi connectivity index (χ0v) is 10.8. The lowest BCUT2D eigenvalue weighted by molar-refractivity contribution is -0.131. The Bertz CT molecular complexity index is 645. The molecule has 0 spiro atoms. The molecule has 2 rings (SSSR count). The summed E-state index contributed by atoms with van der Waals surface area (Å²) in [5.41, 5.74) is 1.64. The van der Waals surface area contributed by atoms with Crippen LogP contribution in [-0.4, -0.2) is 18.2 Å². The van der Waals surface area contributed by atoms with E-state index in [1.165, 1.54) is 12.1 Å². The van der Waals surface area contributed by atoms with Crippen LogP contribution < -0.4 is 4.74 Å². The number of ether oxygens (including phenoxy) is 1. The Hall–Kier alpha value is -2.62. The van der Waals surface area contributed by atoms with E-state index in [1.807, 2.05) is 0 Å². The molecule has 2 aromatic rings. The average molecular weight is 272 g/mol. The highest BCUT2D eigenvalue weighted by atomic mass is 19.1. The SMILES string of the molecule is COc1ccc(/C(=C/C(=O)O)c2cccc(F)c2)cc1. The van der Waals surface area contributed by atoms with Crippen LogP contribution in [0.3, 0.4) is 0 Å². The normalized spacial score (nSPS) is 11.2. The molecule has 102 valence electrons. The summed E-state index contributed by atoms with van der Waals surface area (Å²) in [6.45, 7) is 0. The zero-order valence-electron chi connectivity index (χ0n) is 10.8. The van der Waals surface area contributed by atoms with Gasteiger partial charge in [0.2, 0.25) is 0 Å². The quantitative estimate of drug-likeness (QED) is 0.868. The number of rotatable bonds is 4. The number of benzene rings is 2. The molecule has 0 aliphatic heterocycles. The van der Waals surface area contributed by atoms with Gasteiger partial charge in [-0.05, 0) is 41.0 Å². The van der Waals surface area contributed by atoms with Crippen LogP contribution in [0.25, 0.3) is 5.57 Å². The average Bonchev–Trinajstić information content (AvgIpc) is 2.45. The molecule has 0 saturated heterocycles. The van der Waals surface area contributed by atoms with Crippen LogP contribution in [0.2, 0.25) is 0 Å². The Morgan fingerprint density at radius 3 is 2.40 bits per heavy atom. The van der Waals surface area contributed by atoms with Crippen LogP contribution in [-0.2, 0) is 4.79 Å². The zero-order chi connectivity index (χ0) is 14.5. The van der Waals surface area contributed by atoms with Crippen molar-refractivity contribution in [3.8, 4) is 5.75 Å². The number of carbonyl (C=O) groups is 1. The molecule has 2 aromatic carbocycles. The van der Waals surface area contributed by atoms with Gasteiger partial charge >= 0.3 is 5.97 Å². The Balaban J connectivity index is 2.50. The third-order valence-corrected chi connectivity index (χ3v) is 2.80. The van der Waals surface area contributed by atoms with Crippen LogP contribution >= 0.6 is 0 Å². The third kappa shape index (κ3) is 3.23. The van der Waals surface area contributed by atoms with Gasteiger partial charge in [-0.1, -0.05) is 24.3 Å². The summed E-state index contributed by atoms with van der Waals surface area (Å²) in [6, 6.07) is 12.8. The molecular formula is C16H13FO3. The standard InChI is InChI=1S/C16H13FO3/c1-20-14-7-5-11(6-8-14)15(10-16(18)19)12-3-2-4-13(17)9-12/h2-10H,1H3,(H,18,19)/b15-10-. The number of halogens is 1. The molecule has 0 radical (unpaired) electrons. The minimum absolute atomic E-state index is 0.410. The second kappa shape index (κ2) is 6.02. The van der Waals surface area contributed by atoms with Crippen molar-refractivity contribution in [2.24, 2.45) is 0 Å². The van der Waals surface area contributed by atoms with Gasteiger partial charge in [-0.3, -0.25) is 0 Å². The van der Waals surface area contributed by atoms with E-state index in [4.69, 9.17) is 9.84 Å². The van der Waals surface area contributed by atoms with Crippen molar-refractivity contribution >= 4 is 11.5 Å². The van der Waals surface area contributed by atoms with Crippen LogP contribution in [0.15, 0.2) is 54.6 Å². The highest BCUT2D eigenvalue weighted by molar-refractivity contribution is 5.95. The van der Waals surface area contributed by atoms with Crippen LogP contribution in [0.1, 0.15) is 11.1 Å². The van der Waals surface area contributed by atoms with Gasteiger partial charge in [0.1, 0.15) is 11.6 Å². The van der Waals surface area contributed by atoms with Crippen molar-refractivity contribution in [3.63, 3.8) is 0 Å². The lowest BCUT2D eigenvalue weighted by atomic mass is 9.97.